The van der Waals surface area contributed by atoms with Crippen molar-refractivity contribution in [2.75, 3.05) is 13.1 Å². The molecule has 4 rings (SSSR count). The number of aromatic nitrogens is 4. The van der Waals surface area contributed by atoms with Crippen LogP contribution in [0, 0.1) is 11.7 Å². The molecule has 2 aromatic heterocycles. The number of piperidine rings is 1. The van der Waals surface area contributed by atoms with Crippen LogP contribution in [-0.2, 0) is 17.9 Å². The van der Waals surface area contributed by atoms with Gasteiger partial charge in [0.15, 0.2) is 11.0 Å². The number of carbonyl (C=O) groups excluding carboxylic acids is 1. The first-order chi connectivity index (χ1) is 16.5. The number of halogens is 1. The molecule has 0 saturated carbocycles. The summed E-state index contributed by atoms with van der Waals surface area (Å²) in [4.78, 5) is 19.6. The lowest BCUT2D eigenvalue weighted by Gasteiger charge is -2.26. The lowest BCUT2D eigenvalue weighted by Crippen LogP contribution is -2.35. The predicted molar refractivity (Wildman–Crippen MR) is 131 cm³/mol. The van der Waals surface area contributed by atoms with E-state index in [1.165, 1.54) is 43.2 Å². The van der Waals surface area contributed by atoms with Crippen LogP contribution in [-0.4, -0.2) is 48.9 Å². The number of benzene rings is 1. The van der Waals surface area contributed by atoms with Gasteiger partial charge in [0.05, 0.1) is 11.8 Å². The molecule has 1 amide bonds. The minimum Gasteiger partial charge on any atom is -0.351 e. The first-order valence-electron chi connectivity index (χ1n) is 11.8. The molecule has 1 aliphatic rings. The average molecular weight is 483 g/mol. The fourth-order valence-electron chi connectivity index (χ4n) is 4.04. The summed E-state index contributed by atoms with van der Waals surface area (Å²) in [5.41, 5.74) is 1.74. The van der Waals surface area contributed by atoms with E-state index < -0.39 is 0 Å². The second kappa shape index (κ2) is 11.6. The smallest absolute Gasteiger partial charge is 0.234 e. The quantitative estimate of drug-likeness (QED) is 0.460. The number of rotatable bonds is 9. The molecule has 7 nitrogen and oxygen atoms in total. The molecule has 180 valence electrons. The summed E-state index contributed by atoms with van der Waals surface area (Å²) in [5.74, 6) is 0.519. The van der Waals surface area contributed by atoms with Crippen molar-refractivity contribution in [2.45, 2.75) is 56.6 Å². The summed E-state index contributed by atoms with van der Waals surface area (Å²) in [6, 6.07) is 10.1. The highest BCUT2D eigenvalue weighted by Crippen LogP contribution is 2.30. The zero-order valence-electron chi connectivity index (χ0n) is 19.7. The molecule has 1 unspecified atom stereocenters. The van der Waals surface area contributed by atoms with Gasteiger partial charge >= 0.3 is 0 Å². The SMILES string of the molecule is CC(C)C(Sc1nnc(CN2CCCCC2)n1-c1ccc(F)cc1)C(=O)NCc1cccnc1. The van der Waals surface area contributed by atoms with Crippen molar-refractivity contribution in [3.8, 4) is 5.69 Å². The van der Waals surface area contributed by atoms with Crippen molar-refractivity contribution < 1.29 is 9.18 Å². The molecule has 3 aromatic rings. The van der Waals surface area contributed by atoms with Crippen LogP contribution in [0.2, 0.25) is 0 Å². The maximum absolute atomic E-state index is 13.6. The summed E-state index contributed by atoms with van der Waals surface area (Å²) in [6.45, 7) is 7.20. The van der Waals surface area contributed by atoms with Crippen LogP contribution in [0.25, 0.3) is 5.69 Å². The van der Waals surface area contributed by atoms with Crippen LogP contribution in [0.15, 0.2) is 53.9 Å². The molecule has 1 aromatic carbocycles. The normalized spacial score (nSPS) is 15.4. The van der Waals surface area contributed by atoms with Crippen molar-refractivity contribution in [1.82, 2.24) is 30.0 Å². The highest BCUT2D eigenvalue weighted by Gasteiger charge is 2.28. The van der Waals surface area contributed by atoms with Crippen LogP contribution < -0.4 is 5.32 Å². The molecule has 1 atom stereocenters. The van der Waals surface area contributed by atoms with E-state index in [0.717, 1.165) is 30.2 Å². The second-order valence-corrected chi connectivity index (χ2v) is 10.0. The lowest BCUT2D eigenvalue weighted by atomic mass is 10.1. The van der Waals surface area contributed by atoms with E-state index in [-0.39, 0.29) is 22.9 Å². The van der Waals surface area contributed by atoms with Gasteiger partial charge in [-0.2, -0.15) is 0 Å². The van der Waals surface area contributed by atoms with Gasteiger partial charge in [-0.25, -0.2) is 4.39 Å². The monoisotopic (exact) mass is 482 g/mol. The highest BCUT2D eigenvalue weighted by molar-refractivity contribution is 8.00. The number of hydrogen-bond acceptors (Lipinski definition) is 6. The molecule has 1 fully saturated rings. The van der Waals surface area contributed by atoms with Crippen LogP contribution in [0.5, 0.6) is 0 Å². The molecule has 9 heteroatoms. The number of thioether (sulfide) groups is 1. The fraction of sp³-hybridized carbons (Fsp3) is 0.440. The standard InChI is InChI=1S/C25H31FN6OS/c1-18(2)23(24(33)28-16-19-7-6-12-27-15-19)34-25-30-29-22(17-31-13-4-3-5-14-31)32(25)21-10-8-20(26)9-11-21/h6-12,15,18,23H,3-5,13-14,16-17H2,1-2H3,(H,28,33). The molecule has 34 heavy (non-hydrogen) atoms. The zero-order valence-corrected chi connectivity index (χ0v) is 20.5. The van der Waals surface area contributed by atoms with E-state index in [1.54, 1.807) is 24.5 Å². The second-order valence-electron chi connectivity index (χ2n) is 8.91. The Labute approximate surface area is 204 Å². The lowest BCUT2D eigenvalue weighted by molar-refractivity contribution is -0.121. The largest absolute Gasteiger partial charge is 0.351 e. The number of amides is 1. The molecular formula is C25H31FN6OS. The fourth-order valence-corrected chi connectivity index (χ4v) is 5.14. The van der Waals surface area contributed by atoms with Gasteiger partial charge in [0, 0.05) is 24.6 Å². The third-order valence-corrected chi connectivity index (χ3v) is 7.37. The number of likely N-dealkylation sites (tertiary alicyclic amines) is 1. The van der Waals surface area contributed by atoms with Gasteiger partial charge in [0.2, 0.25) is 5.91 Å². The summed E-state index contributed by atoms with van der Waals surface area (Å²) >= 11 is 1.40. The molecule has 0 radical (unpaired) electrons. The highest BCUT2D eigenvalue weighted by atomic mass is 32.2. The zero-order chi connectivity index (χ0) is 23.9. The Kier molecular flexibility index (Phi) is 8.29. The van der Waals surface area contributed by atoms with Gasteiger partial charge in [-0.3, -0.25) is 19.2 Å². The number of nitrogens with zero attached hydrogens (tertiary/aromatic N) is 5. The van der Waals surface area contributed by atoms with Crippen LogP contribution in [0.1, 0.15) is 44.5 Å². The molecule has 0 aliphatic carbocycles. The Balaban J connectivity index is 1.56. The number of nitrogens with one attached hydrogen (secondary N) is 1. The minimum atomic E-state index is -0.358. The minimum absolute atomic E-state index is 0.0601. The van der Waals surface area contributed by atoms with Gasteiger partial charge < -0.3 is 5.32 Å². The Morgan fingerprint density at radius 3 is 2.56 bits per heavy atom. The van der Waals surface area contributed by atoms with E-state index in [9.17, 15) is 9.18 Å². The van der Waals surface area contributed by atoms with Gasteiger partial charge in [-0.05, 0) is 67.7 Å². The molecule has 0 bridgehead atoms. The van der Waals surface area contributed by atoms with E-state index in [4.69, 9.17) is 0 Å². The molecule has 1 aliphatic heterocycles. The van der Waals surface area contributed by atoms with E-state index in [2.05, 4.69) is 25.4 Å². The number of pyridine rings is 1. The van der Waals surface area contributed by atoms with Gasteiger partial charge in [0.1, 0.15) is 5.82 Å². The summed E-state index contributed by atoms with van der Waals surface area (Å²) < 4.78 is 15.6. The van der Waals surface area contributed by atoms with Gasteiger partial charge in [-0.1, -0.05) is 38.1 Å². The van der Waals surface area contributed by atoms with E-state index in [0.29, 0.717) is 18.2 Å². The number of hydrogen-bond donors (Lipinski definition) is 1. The van der Waals surface area contributed by atoms with Crippen LogP contribution >= 0.6 is 11.8 Å². The molecular weight excluding hydrogens is 451 g/mol. The Bertz CT molecular complexity index is 1070. The molecule has 1 N–H and O–H groups in total. The van der Waals surface area contributed by atoms with Gasteiger partial charge in [-0.15, -0.1) is 10.2 Å². The average Bonchev–Trinajstić information content (AvgIpc) is 3.24. The summed E-state index contributed by atoms with van der Waals surface area (Å²) in [5, 5.41) is 12.3. The molecule has 1 saturated heterocycles. The topological polar surface area (TPSA) is 75.9 Å². The maximum Gasteiger partial charge on any atom is 0.234 e. The van der Waals surface area contributed by atoms with Crippen molar-refractivity contribution in [3.05, 3.63) is 66.0 Å². The van der Waals surface area contributed by atoms with Crippen molar-refractivity contribution in [1.29, 1.82) is 0 Å². The summed E-state index contributed by atoms with van der Waals surface area (Å²) in [6.07, 6.45) is 7.07. The number of carbonyl (C=O) groups is 1. The van der Waals surface area contributed by atoms with Crippen LogP contribution in [0.3, 0.4) is 0 Å². The van der Waals surface area contributed by atoms with E-state index in [1.807, 2.05) is 30.5 Å². The third kappa shape index (κ3) is 6.21. The van der Waals surface area contributed by atoms with Gasteiger partial charge in [0.25, 0.3) is 0 Å². The van der Waals surface area contributed by atoms with Crippen molar-refractivity contribution in [2.24, 2.45) is 5.92 Å². The predicted octanol–water partition coefficient (Wildman–Crippen LogP) is 4.22. The molecule has 0 spiro atoms. The Morgan fingerprint density at radius 2 is 1.88 bits per heavy atom. The third-order valence-electron chi connectivity index (χ3n) is 5.88. The summed E-state index contributed by atoms with van der Waals surface area (Å²) in [7, 11) is 0. The van der Waals surface area contributed by atoms with Crippen molar-refractivity contribution in [3.63, 3.8) is 0 Å². The Morgan fingerprint density at radius 1 is 1.12 bits per heavy atom. The first-order valence-corrected chi connectivity index (χ1v) is 12.6. The first kappa shape index (κ1) is 24.3. The maximum atomic E-state index is 13.6. The van der Waals surface area contributed by atoms with Crippen molar-refractivity contribution >= 4 is 17.7 Å². The van der Waals surface area contributed by atoms with E-state index >= 15 is 0 Å². The molecule has 3 heterocycles. The Hall–Kier alpha value is -2.78. The van der Waals surface area contributed by atoms with Crippen LogP contribution in [0.4, 0.5) is 4.39 Å².